The van der Waals surface area contributed by atoms with E-state index in [1.807, 2.05) is 0 Å². The largest absolute Gasteiger partial charge is 0.334 e. The molecular formula is C96H97BN4. The molecule has 4 nitrogen and oxygen atoms in total. The highest BCUT2D eigenvalue weighted by Crippen LogP contribution is 2.55. The molecule has 0 aromatic heterocycles. The molecule has 0 spiro atoms. The van der Waals surface area contributed by atoms with Crippen molar-refractivity contribution in [2.45, 2.75) is 166 Å². The van der Waals surface area contributed by atoms with Crippen molar-refractivity contribution >= 4 is 80.0 Å². The van der Waals surface area contributed by atoms with E-state index in [4.69, 9.17) is 0 Å². The van der Waals surface area contributed by atoms with Crippen molar-refractivity contribution in [1.29, 1.82) is 0 Å². The number of rotatable bonds is 15. The monoisotopic (exact) mass is 1320 g/mol. The van der Waals surface area contributed by atoms with Crippen LogP contribution in [0.15, 0.2) is 289 Å². The van der Waals surface area contributed by atoms with E-state index >= 15 is 0 Å². The molecule has 0 amide bonds. The Balaban J connectivity index is 0.952. The van der Waals surface area contributed by atoms with E-state index in [9.17, 15) is 0 Å². The summed E-state index contributed by atoms with van der Waals surface area (Å²) in [6.07, 6.45) is 48.9. The highest BCUT2D eigenvalue weighted by molar-refractivity contribution is 7.00. The summed E-state index contributed by atoms with van der Waals surface area (Å²) in [6.45, 7) is -0.0495. The molecule has 9 aromatic rings. The van der Waals surface area contributed by atoms with Crippen LogP contribution in [0.25, 0.3) is 22.3 Å². The van der Waals surface area contributed by atoms with Gasteiger partial charge in [-0.05, 0) is 263 Å². The average molecular weight is 1320 g/mol. The Bertz CT molecular complexity index is 4380. The first-order valence-electron chi connectivity index (χ1n) is 39.3. The Morgan fingerprint density at radius 3 is 1.21 bits per heavy atom. The maximum Gasteiger partial charge on any atom is 0.252 e. The average Bonchev–Trinajstić information content (AvgIpc) is 0.688. The van der Waals surface area contributed by atoms with E-state index in [0.29, 0.717) is 29.6 Å². The fourth-order valence-corrected chi connectivity index (χ4v) is 20.4. The van der Waals surface area contributed by atoms with Gasteiger partial charge in [0.1, 0.15) is 0 Å². The third kappa shape index (κ3) is 12.1. The summed E-state index contributed by atoms with van der Waals surface area (Å²) in [7, 11) is 0. The summed E-state index contributed by atoms with van der Waals surface area (Å²) >= 11 is 0. The highest BCUT2D eigenvalue weighted by atomic mass is 15.2. The summed E-state index contributed by atoms with van der Waals surface area (Å²) in [5, 5.41) is 0. The number of hydrogen-bond donors (Lipinski definition) is 0. The number of nitrogens with zero attached hydrogens (tertiary/aromatic N) is 4. The normalized spacial score (nSPS) is 22.6. The van der Waals surface area contributed by atoms with Crippen LogP contribution >= 0.6 is 0 Å². The van der Waals surface area contributed by atoms with Gasteiger partial charge in [0.25, 0.3) is 6.71 Å². The van der Waals surface area contributed by atoms with Crippen LogP contribution in [0.5, 0.6) is 0 Å². The molecule has 18 rings (SSSR count). The Hall–Kier alpha value is -9.32. The highest BCUT2D eigenvalue weighted by Gasteiger charge is 2.51. The van der Waals surface area contributed by atoms with Crippen LogP contribution in [0.1, 0.15) is 159 Å². The Labute approximate surface area is 602 Å². The lowest BCUT2D eigenvalue weighted by Crippen LogP contribution is -2.65. The number of hydrogen-bond acceptors (Lipinski definition) is 4. The maximum absolute atomic E-state index is 3.11. The van der Waals surface area contributed by atoms with E-state index in [-0.39, 0.29) is 18.8 Å². The molecule has 101 heavy (non-hydrogen) atoms. The lowest BCUT2D eigenvalue weighted by Gasteiger charge is -2.54. The molecule has 0 radical (unpaired) electrons. The minimum Gasteiger partial charge on any atom is -0.334 e. The molecule has 2 aliphatic heterocycles. The topological polar surface area (TPSA) is 13.0 Å². The second-order valence-corrected chi connectivity index (χ2v) is 30.8. The van der Waals surface area contributed by atoms with E-state index in [2.05, 4.69) is 287 Å². The molecule has 6 unspecified atom stereocenters. The van der Waals surface area contributed by atoms with Crippen LogP contribution in [0.4, 0.5) is 56.9 Å². The third-order valence-corrected chi connectivity index (χ3v) is 25.0. The minimum atomic E-state index is -0.0495. The molecule has 0 bridgehead atoms. The van der Waals surface area contributed by atoms with Gasteiger partial charge in [0.05, 0.1) is 23.5 Å². The van der Waals surface area contributed by atoms with Crippen molar-refractivity contribution < 1.29 is 0 Å². The van der Waals surface area contributed by atoms with E-state index < -0.39 is 0 Å². The summed E-state index contributed by atoms with van der Waals surface area (Å²) in [4.78, 5) is 11.4. The Kier molecular flexibility index (Phi) is 18.1. The number of para-hydroxylation sites is 4. The van der Waals surface area contributed by atoms with Gasteiger partial charge in [-0.1, -0.05) is 225 Å². The van der Waals surface area contributed by atoms with Crippen LogP contribution in [0, 0.1) is 23.7 Å². The molecule has 5 heteroatoms. The second-order valence-electron chi connectivity index (χ2n) is 30.8. The molecule has 1 saturated carbocycles. The van der Waals surface area contributed by atoms with Crippen molar-refractivity contribution in [1.82, 2.24) is 0 Å². The number of allylic oxidation sites excluding steroid dienone is 8. The van der Waals surface area contributed by atoms with Crippen LogP contribution in [-0.4, -0.2) is 18.8 Å². The summed E-state index contributed by atoms with van der Waals surface area (Å²) in [5.41, 5.74) is 30.4. The van der Waals surface area contributed by atoms with Gasteiger partial charge in [-0.15, -0.1) is 0 Å². The smallest absolute Gasteiger partial charge is 0.252 e. The molecule has 9 aliphatic rings. The third-order valence-electron chi connectivity index (χ3n) is 25.0. The summed E-state index contributed by atoms with van der Waals surface area (Å²) in [5.74, 6) is 2.22. The molecule has 504 valence electrons. The van der Waals surface area contributed by atoms with Gasteiger partial charge in [-0.3, -0.25) is 0 Å². The zero-order chi connectivity index (χ0) is 67.0. The van der Waals surface area contributed by atoms with Gasteiger partial charge in [0.15, 0.2) is 0 Å². The van der Waals surface area contributed by atoms with Gasteiger partial charge in [0, 0.05) is 68.5 Å². The standard InChI is InChI=1S/C96H97BN4/c1-10-34-68(35-11-1)75-64-92-94-93(65-75)101(96-84(73-44-20-6-21-45-73)56-33-57-85(96)74-46-22-7-23-47-74)91-67-79(99(77-50-26-9-27-51-77)89-59-31-29-53-81(89)70-38-14-3-15-39-70)61-63-87(91)97(94)86-62-60-78(98(76-48-24-8-25-49-76)88-58-30-28-52-80(88)69-36-12-2-13-37-69)66-90(86)100(92)95-82(71-40-16-4-17-41-71)54-32-55-83(95)72-42-18-5-19-43-72/h2-4,6,8-9,12-16,20,24-31,36-39,42,46,48-54,56,58-68,71,73,83,85,95-96H,1,5,7,10-11,17-19,21-23,32-35,40-41,43-45,47,55,57H2. The molecule has 0 saturated heterocycles. The van der Waals surface area contributed by atoms with Crippen molar-refractivity contribution in [3.05, 3.63) is 295 Å². The summed E-state index contributed by atoms with van der Waals surface area (Å²) in [6, 6.07) is 84.9. The first-order valence-corrected chi connectivity index (χ1v) is 39.3. The van der Waals surface area contributed by atoms with Gasteiger partial charge >= 0.3 is 0 Å². The van der Waals surface area contributed by atoms with Gasteiger partial charge in [-0.2, -0.15) is 0 Å². The van der Waals surface area contributed by atoms with Crippen molar-refractivity contribution in [3.8, 4) is 22.3 Å². The molecule has 2 heterocycles. The van der Waals surface area contributed by atoms with Gasteiger partial charge < -0.3 is 19.6 Å². The van der Waals surface area contributed by atoms with Crippen LogP contribution in [0.2, 0.25) is 0 Å². The number of fused-ring (bicyclic) bond motifs is 4. The van der Waals surface area contributed by atoms with Crippen LogP contribution in [0.3, 0.4) is 0 Å². The van der Waals surface area contributed by atoms with E-state index in [1.54, 1.807) is 27.9 Å². The minimum absolute atomic E-state index is 0.0495. The summed E-state index contributed by atoms with van der Waals surface area (Å²) < 4.78 is 0. The van der Waals surface area contributed by atoms with E-state index in [0.717, 1.165) is 49.9 Å². The second kappa shape index (κ2) is 28.6. The van der Waals surface area contributed by atoms with E-state index in [1.165, 1.54) is 193 Å². The fourth-order valence-electron chi connectivity index (χ4n) is 20.4. The quantitative estimate of drug-likeness (QED) is 0.0749. The first kappa shape index (κ1) is 63.8. The zero-order valence-electron chi connectivity index (χ0n) is 59.1. The molecule has 0 N–H and O–H groups in total. The number of anilines is 10. The fraction of sp³-hybridized carbons (Fsp3) is 0.312. The Morgan fingerprint density at radius 2 is 0.772 bits per heavy atom. The predicted octanol–water partition coefficient (Wildman–Crippen LogP) is 24.6. The lowest BCUT2D eigenvalue weighted by atomic mass is 9.33. The van der Waals surface area contributed by atoms with Gasteiger partial charge in [0.2, 0.25) is 0 Å². The van der Waals surface area contributed by atoms with Crippen molar-refractivity contribution in [2.75, 3.05) is 19.6 Å². The molecule has 9 aromatic carbocycles. The Morgan fingerprint density at radius 1 is 0.327 bits per heavy atom. The van der Waals surface area contributed by atoms with Crippen molar-refractivity contribution in [3.63, 3.8) is 0 Å². The predicted molar refractivity (Wildman–Crippen MR) is 430 cm³/mol. The number of benzene rings is 9. The molecular weight excluding hydrogens is 1220 g/mol. The molecule has 1 fully saturated rings. The maximum atomic E-state index is 3.11. The van der Waals surface area contributed by atoms with Gasteiger partial charge in [-0.25, -0.2) is 0 Å². The lowest BCUT2D eigenvalue weighted by molar-refractivity contribution is 0.391. The zero-order valence-corrected chi connectivity index (χ0v) is 59.1. The van der Waals surface area contributed by atoms with Crippen LogP contribution in [-0.2, 0) is 0 Å². The van der Waals surface area contributed by atoms with Crippen molar-refractivity contribution in [2.24, 2.45) is 23.7 Å². The SMILES string of the molecule is C1=CCC(C2=CCCC(C3=CCCCC3)C2N2c3cc(N(c4ccccc4)c4ccccc4-c4ccccc4)ccc3B3c4ccc(N(c5ccccc5)c5ccccc5-c5ccccc5)cc4N(C4C(C5CC=CCC5)=CCCC4C4=CCCCC4)c4cc(C5CCCCC5)cc2c43)CC1. The molecule has 6 atom stereocenters. The first-order chi connectivity index (χ1) is 50.2. The molecule has 7 aliphatic carbocycles. The van der Waals surface area contributed by atoms with Crippen LogP contribution < -0.4 is 36.0 Å².